The van der Waals surface area contributed by atoms with Gasteiger partial charge < -0.3 is 10.6 Å². The third-order valence-electron chi connectivity index (χ3n) is 8.27. The van der Waals surface area contributed by atoms with E-state index in [0.29, 0.717) is 11.0 Å². The number of nitriles is 1. The Hall–Kier alpha value is -3.17. The molecule has 3 heterocycles. The lowest BCUT2D eigenvalue weighted by molar-refractivity contribution is 0.233. The molecule has 2 fully saturated rings. The molecule has 0 saturated heterocycles. The van der Waals surface area contributed by atoms with Crippen molar-refractivity contribution < 1.29 is 0 Å². The number of aryl methyl sites for hydroxylation is 1. The Kier molecular flexibility index (Phi) is 4.60. The van der Waals surface area contributed by atoms with E-state index in [-0.39, 0.29) is 5.54 Å². The van der Waals surface area contributed by atoms with Crippen molar-refractivity contribution in [2.24, 2.45) is 11.1 Å². The van der Waals surface area contributed by atoms with Gasteiger partial charge in [0.2, 0.25) is 0 Å². The van der Waals surface area contributed by atoms with Crippen LogP contribution in [0.25, 0.3) is 11.3 Å². The van der Waals surface area contributed by atoms with Gasteiger partial charge in [-0.05, 0) is 68.7 Å². The van der Waals surface area contributed by atoms with Crippen LogP contribution in [0.5, 0.6) is 0 Å². The van der Waals surface area contributed by atoms with E-state index in [1.54, 1.807) is 0 Å². The Morgan fingerprint density at radius 2 is 1.91 bits per heavy atom. The minimum absolute atomic E-state index is 0.0903. The van der Waals surface area contributed by atoms with Crippen LogP contribution in [-0.4, -0.2) is 26.8 Å². The number of aromatic nitrogens is 3. The highest BCUT2D eigenvalue weighted by Gasteiger charge is 2.52. The summed E-state index contributed by atoms with van der Waals surface area (Å²) in [5.74, 6) is 0. The van der Waals surface area contributed by atoms with Gasteiger partial charge in [0, 0.05) is 60.3 Å². The third-order valence-corrected chi connectivity index (χ3v) is 8.27. The molecule has 2 aliphatic carbocycles. The van der Waals surface area contributed by atoms with E-state index in [4.69, 9.17) is 16.1 Å². The van der Waals surface area contributed by atoms with E-state index in [1.807, 2.05) is 30.5 Å². The average molecular weight is 439 g/mol. The molecule has 33 heavy (non-hydrogen) atoms. The summed E-state index contributed by atoms with van der Waals surface area (Å²) in [7, 11) is 0. The summed E-state index contributed by atoms with van der Waals surface area (Å²) in [6.07, 6.45) is 8.90. The zero-order chi connectivity index (χ0) is 22.6. The quantitative estimate of drug-likeness (QED) is 0.655. The SMILES string of the molecule is Cc1nn(CC23CCC(N)(CC2)C3)c2c1CN(c1ccnc(-c3ccc(C#N)cc3)c1)CC2. The maximum atomic E-state index is 9.05. The van der Waals surface area contributed by atoms with Crippen LogP contribution in [0.2, 0.25) is 0 Å². The lowest BCUT2D eigenvalue weighted by atomic mass is 9.84. The molecule has 2 aromatic heterocycles. The summed E-state index contributed by atoms with van der Waals surface area (Å²) >= 11 is 0. The van der Waals surface area contributed by atoms with Gasteiger partial charge in [-0.2, -0.15) is 10.4 Å². The number of fused-ring (bicyclic) bond motifs is 3. The molecule has 2 N–H and O–H groups in total. The molecule has 1 aromatic carbocycles. The molecule has 6 nitrogen and oxygen atoms in total. The smallest absolute Gasteiger partial charge is 0.0991 e. The van der Waals surface area contributed by atoms with Crippen LogP contribution < -0.4 is 10.6 Å². The highest BCUT2D eigenvalue weighted by Crippen LogP contribution is 2.56. The van der Waals surface area contributed by atoms with E-state index in [0.717, 1.165) is 49.4 Å². The number of benzene rings is 1. The summed E-state index contributed by atoms with van der Waals surface area (Å²) in [5.41, 5.74) is 14.8. The van der Waals surface area contributed by atoms with Gasteiger partial charge in [0.1, 0.15) is 0 Å². The molecule has 0 atom stereocenters. The molecule has 2 saturated carbocycles. The van der Waals surface area contributed by atoms with Crippen LogP contribution in [0, 0.1) is 23.7 Å². The fourth-order valence-corrected chi connectivity index (χ4v) is 6.41. The standard InChI is InChI=1S/C27H30N6/c1-19-23-16-32(22-6-12-30-24(14-22)21-4-2-20(15-28)3-5-21)13-7-25(23)33(31-19)18-26-8-10-27(29,17-26)11-9-26/h2-6,12,14H,7-11,13,16-18,29H2,1H3. The van der Waals surface area contributed by atoms with Crippen molar-refractivity contribution in [2.45, 2.75) is 64.1 Å². The van der Waals surface area contributed by atoms with Crippen LogP contribution in [0.1, 0.15) is 54.6 Å². The minimum atomic E-state index is 0.0903. The summed E-state index contributed by atoms with van der Waals surface area (Å²) < 4.78 is 2.33. The molecular weight excluding hydrogens is 408 g/mol. The lowest BCUT2D eigenvalue weighted by Gasteiger charge is -2.31. The number of hydrogen-bond acceptors (Lipinski definition) is 5. The number of nitrogens with zero attached hydrogens (tertiary/aromatic N) is 5. The molecule has 3 aliphatic rings. The Morgan fingerprint density at radius 3 is 2.61 bits per heavy atom. The molecule has 2 bridgehead atoms. The van der Waals surface area contributed by atoms with Gasteiger partial charge in [-0.25, -0.2) is 0 Å². The van der Waals surface area contributed by atoms with Crippen molar-refractivity contribution in [2.75, 3.05) is 11.4 Å². The Labute approximate surface area is 195 Å². The number of rotatable bonds is 4. The zero-order valence-electron chi connectivity index (χ0n) is 19.2. The first-order valence-electron chi connectivity index (χ1n) is 12.0. The maximum absolute atomic E-state index is 9.05. The van der Waals surface area contributed by atoms with Crippen molar-refractivity contribution in [3.63, 3.8) is 0 Å². The zero-order valence-corrected chi connectivity index (χ0v) is 19.2. The fourth-order valence-electron chi connectivity index (χ4n) is 6.41. The van der Waals surface area contributed by atoms with Gasteiger partial charge in [-0.15, -0.1) is 0 Å². The van der Waals surface area contributed by atoms with Gasteiger partial charge in [0.25, 0.3) is 0 Å². The van der Waals surface area contributed by atoms with Crippen molar-refractivity contribution in [1.29, 1.82) is 5.26 Å². The van der Waals surface area contributed by atoms with E-state index in [2.05, 4.69) is 39.7 Å². The average Bonchev–Trinajstić information content (AvgIpc) is 3.47. The van der Waals surface area contributed by atoms with Crippen LogP contribution in [0.15, 0.2) is 42.6 Å². The normalized spacial score (nSPS) is 25.8. The van der Waals surface area contributed by atoms with E-state index < -0.39 is 0 Å². The first-order valence-corrected chi connectivity index (χ1v) is 12.0. The molecule has 0 spiro atoms. The van der Waals surface area contributed by atoms with Crippen LogP contribution in [0.3, 0.4) is 0 Å². The van der Waals surface area contributed by atoms with Gasteiger partial charge in [-0.3, -0.25) is 9.67 Å². The molecule has 1 aliphatic heterocycles. The highest BCUT2D eigenvalue weighted by atomic mass is 15.3. The molecule has 168 valence electrons. The predicted octanol–water partition coefficient (Wildman–Crippen LogP) is 4.35. The Morgan fingerprint density at radius 1 is 1.12 bits per heavy atom. The van der Waals surface area contributed by atoms with Gasteiger partial charge in [0.15, 0.2) is 0 Å². The summed E-state index contributed by atoms with van der Waals surface area (Å²) in [6.45, 7) is 5.04. The number of hydrogen-bond donors (Lipinski definition) is 1. The second-order valence-corrected chi connectivity index (χ2v) is 10.5. The highest BCUT2D eigenvalue weighted by molar-refractivity contribution is 5.65. The fraction of sp³-hybridized carbons (Fsp3) is 0.444. The Bertz CT molecular complexity index is 1240. The molecule has 6 heteroatoms. The number of anilines is 1. The van der Waals surface area contributed by atoms with Gasteiger partial charge in [0.05, 0.1) is 23.0 Å². The van der Waals surface area contributed by atoms with Crippen LogP contribution in [-0.2, 0) is 19.5 Å². The van der Waals surface area contributed by atoms with Crippen molar-refractivity contribution in [3.8, 4) is 17.3 Å². The first-order chi connectivity index (χ1) is 16.0. The minimum Gasteiger partial charge on any atom is -0.367 e. The second kappa shape index (κ2) is 7.43. The molecule has 0 radical (unpaired) electrons. The summed E-state index contributed by atoms with van der Waals surface area (Å²) in [4.78, 5) is 7.01. The Balaban J connectivity index is 1.23. The topological polar surface area (TPSA) is 83.8 Å². The molecule has 0 unspecified atom stereocenters. The summed E-state index contributed by atoms with van der Waals surface area (Å²) in [6, 6.07) is 14.0. The molecule has 3 aromatic rings. The molecule has 0 amide bonds. The lowest BCUT2D eigenvalue weighted by Crippen LogP contribution is -2.33. The third kappa shape index (κ3) is 3.52. The summed E-state index contributed by atoms with van der Waals surface area (Å²) in [5, 5.41) is 14.1. The number of nitrogens with two attached hydrogens (primary N) is 1. The predicted molar refractivity (Wildman–Crippen MR) is 129 cm³/mol. The first kappa shape index (κ1) is 20.4. The van der Waals surface area contributed by atoms with Crippen LogP contribution >= 0.6 is 0 Å². The molecule has 6 rings (SSSR count). The van der Waals surface area contributed by atoms with Crippen LogP contribution in [0.4, 0.5) is 5.69 Å². The van der Waals surface area contributed by atoms with E-state index in [1.165, 1.54) is 42.6 Å². The maximum Gasteiger partial charge on any atom is 0.0991 e. The van der Waals surface area contributed by atoms with E-state index in [9.17, 15) is 0 Å². The van der Waals surface area contributed by atoms with Crippen molar-refractivity contribution in [3.05, 3.63) is 65.1 Å². The van der Waals surface area contributed by atoms with Crippen molar-refractivity contribution in [1.82, 2.24) is 14.8 Å². The second-order valence-electron chi connectivity index (χ2n) is 10.5. The largest absolute Gasteiger partial charge is 0.367 e. The van der Waals surface area contributed by atoms with Gasteiger partial charge >= 0.3 is 0 Å². The van der Waals surface area contributed by atoms with Crippen molar-refractivity contribution >= 4 is 5.69 Å². The van der Waals surface area contributed by atoms with Gasteiger partial charge in [-0.1, -0.05) is 12.1 Å². The number of pyridine rings is 1. The molecular formula is C27H30N6. The van der Waals surface area contributed by atoms with E-state index >= 15 is 0 Å². The monoisotopic (exact) mass is 438 g/mol.